The van der Waals surface area contributed by atoms with Crippen LogP contribution >= 0.6 is 12.4 Å². The van der Waals surface area contributed by atoms with Gasteiger partial charge in [0.1, 0.15) is 5.75 Å². The first kappa shape index (κ1) is 16.1. The van der Waals surface area contributed by atoms with Crippen LogP contribution in [0.15, 0.2) is 36.4 Å². The highest BCUT2D eigenvalue weighted by Gasteiger charge is 2.17. The van der Waals surface area contributed by atoms with E-state index in [4.69, 9.17) is 10.5 Å². The van der Waals surface area contributed by atoms with Gasteiger partial charge in [-0.15, -0.1) is 12.4 Å². The van der Waals surface area contributed by atoms with Crippen LogP contribution < -0.4 is 10.5 Å². The molecule has 0 bridgehead atoms. The first-order chi connectivity index (χ1) is 9.78. The molecule has 1 saturated heterocycles. The van der Waals surface area contributed by atoms with Crippen LogP contribution in [-0.2, 0) is 6.54 Å². The van der Waals surface area contributed by atoms with Crippen LogP contribution in [0.3, 0.4) is 0 Å². The van der Waals surface area contributed by atoms with Gasteiger partial charge in [-0.2, -0.15) is 0 Å². The molecule has 114 valence electrons. The summed E-state index contributed by atoms with van der Waals surface area (Å²) < 4.78 is 5.46. The van der Waals surface area contributed by atoms with Gasteiger partial charge in [0.15, 0.2) is 0 Å². The molecule has 0 spiro atoms. The van der Waals surface area contributed by atoms with E-state index in [0.29, 0.717) is 6.04 Å². The van der Waals surface area contributed by atoms with Crippen molar-refractivity contribution in [2.45, 2.75) is 25.4 Å². The van der Waals surface area contributed by atoms with Crippen LogP contribution in [0.5, 0.6) is 5.75 Å². The van der Waals surface area contributed by atoms with Crippen molar-refractivity contribution in [3.8, 4) is 5.75 Å². The zero-order valence-corrected chi connectivity index (χ0v) is 13.2. The zero-order valence-electron chi connectivity index (χ0n) is 12.4. The maximum absolute atomic E-state index is 5.98. The molecule has 2 aromatic rings. The summed E-state index contributed by atoms with van der Waals surface area (Å²) in [4.78, 5) is 2.50. The first-order valence-corrected chi connectivity index (χ1v) is 7.30. The number of likely N-dealkylation sites (tertiary alicyclic amines) is 1. The lowest BCUT2D eigenvalue weighted by atomic mass is 10.0. The van der Waals surface area contributed by atoms with E-state index in [2.05, 4.69) is 41.3 Å². The van der Waals surface area contributed by atoms with Crippen LogP contribution in [0.2, 0.25) is 0 Å². The van der Waals surface area contributed by atoms with E-state index in [1.165, 1.54) is 16.3 Å². The van der Waals surface area contributed by atoms with Gasteiger partial charge in [-0.1, -0.05) is 30.3 Å². The molecule has 1 heterocycles. The second-order valence-corrected chi connectivity index (χ2v) is 5.59. The van der Waals surface area contributed by atoms with Crippen molar-refractivity contribution < 1.29 is 4.74 Å². The fraction of sp³-hybridized carbons (Fsp3) is 0.412. The summed E-state index contributed by atoms with van der Waals surface area (Å²) in [5, 5.41) is 2.49. The largest absolute Gasteiger partial charge is 0.496 e. The number of nitrogens with zero attached hydrogens (tertiary/aromatic N) is 1. The van der Waals surface area contributed by atoms with E-state index in [-0.39, 0.29) is 12.4 Å². The number of rotatable bonds is 3. The molecule has 0 aromatic heterocycles. The SMILES string of the molecule is COc1ccc(CN2CCC(N)CC2)c2ccccc12.Cl. The minimum Gasteiger partial charge on any atom is -0.496 e. The van der Waals surface area contributed by atoms with Crippen LogP contribution in [0.4, 0.5) is 0 Å². The fourth-order valence-electron chi connectivity index (χ4n) is 3.00. The van der Waals surface area contributed by atoms with Crippen molar-refractivity contribution in [3.63, 3.8) is 0 Å². The molecule has 2 aromatic carbocycles. The van der Waals surface area contributed by atoms with Crippen LogP contribution in [0.1, 0.15) is 18.4 Å². The molecule has 0 radical (unpaired) electrons. The molecule has 1 aliphatic heterocycles. The summed E-state index contributed by atoms with van der Waals surface area (Å²) in [5.41, 5.74) is 7.35. The van der Waals surface area contributed by atoms with E-state index >= 15 is 0 Å². The van der Waals surface area contributed by atoms with Gasteiger partial charge in [0.25, 0.3) is 0 Å². The Morgan fingerprint density at radius 3 is 2.43 bits per heavy atom. The predicted molar refractivity (Wildman–Crippen MR) is 90.2 cm³/mol. The summed E-state index contributed by atoms with van der Waals surface area (Å²) >= 11 is 0. The number of fused-ring (bicyclic) bond motifs is 1. The molecular formula is C17H23ClN2O. The maximum atomic E-state index is 5.98. The Labute approximate surface area is 132 Å². The number of hydrogen-bond donors (Lipinski definition) is 1. The molecule has 1 fully saturated rings. The molecule has 4 heteroatoms. The van der Waals surface area contributed by atoms with Crippen molar-refractivity contribution >= 4 is 23.2 Å². The van der Waals surface area contributed by atoms with E-state index in [9.17, 15) is 0 Å². The average Bonchev–Trinajstić information content (AvgIpc) is 2.50. The van der Waals surface area contributed by atoms with Crippen LogP contribution in [0, 0.1) is 0 Å². The van der Waals surface area contributed by atoms with E-state index in [1.807, 2.05) is 0 Å². The fourth-order valence-corrected chi connectivity index (χ4v) is 3.00. The third-order valence-electron chi connectivity index (χ3n) is 4.22. The number of methoxy groups -OCH3 is 1. The van der Waals surface area contributed by atoms with Gasteiger partial charge >= 0.3 is 0 Å². The predicted octanol–water partition coefficient (Wildman–Crippen LogP) is 3.19. The molecule has 0 atom stereocenters. The number of halogens is 1. The first-order valence-electron chi connectivity index (χ1n) is 7.30. The Morgan fingerprint density at radius 2 is 1.76 bits per heavy atom. The average molecular weight is 307 g/mol. The van der Waals surface area contributed by atoms with Crippen molar-refractivity contribution in [1.29, 1.82) is 0 Å². The topological polar surface area (TPSA) is 38.5 Å². The van der Waals surface area contributed by atoms with Gasteiger partial charge in [0, 0.05) is 18.0 Å². The van der Waals surface area contributed by atoms with E-state index < -0.39 is 0 Å². The second-order valence-electron chi connectivity index (χ2n) is 5.59. The molecule has 0 amide bonds. The number of ether oxygens (including phenoxy) is 1. The van der Waals surface area contributed by atoms with E-state index in [0.717, 1.165) is 38.2 Å². The number of nitrogens with two attached hydrogens (primary N) is 1. The lowest BCUT2D eigenvalue weighted by Crippen LogP contribution is -2.39. The van der Waals surface area contributed by atoms with Crippen molar-refractivity contribution in [1.82, 2.24) is 4.90 Å². The van der Waals surface area contributed by atoms with Gasteiger partial charge in [-0.25, -0.2) is 0 Å². The molecule has 0 saturated carbocycles. The summed E-state index contributed by atoms with van der Waals surface area (Å²) in [6, 6.07) is 13.1. The van der Waals surface area contributed by atoms with E-state index in [1.54, 1.807) is 7.11 Å². The minimum atomic E-state index is 0. The van der Waals surface area contributed by atoms with Gasteiger partial charge in [-0.3, -0.25) is 4.90 Å². The molecule has 1 aliphatic rings. The monoisotopic (exact) mass is 306 g/mol. The molecule has 0 unspecified atom stereocenters. The highest BCUT2D eigenvalue weighted by Crippen LogP contribution is 2.29. The maximum Gasteiger partial charge on any atom is 0.126 e. The third-order valence-corrected chi connectivity index (χ3v) is 4.22. The van der Waals surface area contributed by atoms with Gasteiger partial charge in [0.2, 0.25) is 0 Å². The second kappa shape index (κ2) is 7.12. The van der Waals surface area contributed by atoms with Crippen LogP contribution in [-0.4, -0.2) is 31.1 Å². The quantitative estimate of drug-likeness (QED) is 0.946. The van der Waals surface area contributed by atoms with Gasteiger partial charge in [0.05, 0.1) is 7.11 Å². The highest BCUT2D eigenvalue weighted by molar-refractivity contribution is 5.91. The molecule has 3 rings (SSSR count). The number of piperidine rings is 1. The summed E-state index contributed by atoms with van der Waals surface area (Å²) in [6.45, 7) is 3.19. The lowest BCUT2D eigenvalue weighted by molar-refractivity contribution is 0.206. The molecular weight excluding hydrogens is 284 g/mol. The van der Waals surface area contributed by atoms with Crippen LogP contribution in [0.25, 0.3) is 10.8 Å². The minimum absolute atomic E-state index is 0. The lowest BCUT2D eigenvalue weighted by Gasteiger charge is -2.30. The Bertz CT molecular complexity index is 594. The summed E-state index contributed by atoms with van der Waals surface area (Å²) in [5.74, 6) is 0.949. The smallest absolute Gasteiger partial charge is 0.126 e. The standard InChI is InChI=1S/C17H22N2O.ClH/c1-20-17-7-6-13(15-4-2-3-5-16(15)17)12-19-10-8-14(18)9-11-19;/h2-7,14H,8-12,18H2,1H3;1H. The van der Waals surface area contributed by atoms with Gasteiger partial charge < -0.3 is 10.5 Å². The number of benzene rings is 2. The highest BCUT2D eigenvalue weighted by atomic mass is 35.5. The zero-order chi connectivity index (χ0) is 13.9. The van der Waals surface area contributed by atoms with Crippen molar-refractivity contribution in [2.24, 2.45) is 5.73 Å². The number of hydrogen-bond acceptors (Lipinski definition) is 3. The molecule has 0 aliphatic carbocycles. The Balaban J connectivity index is 0.00000161. The summed E-state index contributed by atoms with van der Waals surface area (Å²) in [7, 11) is 1.73. The normalized spacial score (nSPS) is 16.7. The Morgan fingerprint density at radius 1 is 1.10 bits per heavy atom. The third kappa shape index (κ3) is 3.49. The molecule has 21 heavy (non-hydrogen) atoms. The Kier molecular flexibility index (Phi) is 5.45. The molecule has 2 N–H and O–H groups in total. The summed E-state index contributed by atoms with van der Waals surface area (Å²) in [6.07, 6.45) is 2.21. The van der Waals surface area contributed by atoms with Crippen molar-refractivity contribution in [3.05, 3.63) is 42.0 Å². The van der Waals surface area contributed by atoms with Crippen molar-refractivity contribution in [2.75, 3.05) is 20.2 Å². The van der Waals surface area contributed by atoms with Gasteiger partial charge in [-0.05, 0) is 42.9 Å². The Hall–Kier alpha value is -1.29. The molecule has 3 nitrogen and oxygen atoms in total.